The minimum Gasteiger partial charge on any atom is -0.481 e. The van der Waals surface area contributed by atoms with Gasteiger partial charge in [0.05, 0.1) is 0 Å². The monoisotopic (exact) mass is 394 g/mol. The average Bonchev–Trinajstić information content (AvgIpc) is 1.54. The van der Waals surface area contributed by atoms with Gasteiger partial charge in [-0.3, -0.25) is 14.4 Å². The van der Waals surface area contributed by atoms with Gasteiger partial charge in [0.2, 0.25) is 0 Å². The van der Waals surface area contributed by atoms with Gasteiger partial charge in [0.15, 0.2) is 0 Å². The summed E-state index contributed by atoms with van der Waals surface area (Å²) in [6.07, 6.45) is 0. The van der Waals surface area contributed by atoms with Gasteiger partial charge in [-0.25, -0.2) is 0 Å². The molecule has 16 heteroatoms. The van der Waals surface area contributed by atoms with Crippen LogP contribution in [0.4, 0.5) is 0 Å². The predicted molar refractivity (Wildman–Crippen MR) is 72.5 cm³/mol. The van der Waals surface area contributed by atoms with Crippen molar-refractivity contribution in [2.45, 2.75) is 20.8 Å². The first-order valence-electron chi connectivity index (χ1n) is 2.78. The van der Waals surface area contributed by atoms with Crippen molar-refractivity contribution in [3.05, 3.63) is 0 Å². The molecular weight excluding hydrogens is 364 g/mol. The summed E-state index contributed by atoms with van der Waals surface area (Å²) in [4.78, 5) is 27.0. The fourth-order valence-electron chi connectivity index (χ4n) is 0. The molecule has 0 amide bonds. The molecule has 0 radical (unpaired) electrons. The minimum absolute atomic E-state index is 0. The number of carbonyl (C=O) groups is 3. The van der Waals surface area contributed by atoms with E-state index in [9.17, 15) is 0 Å². The predicted octanol–water partition coefficient (Wildman–Crippen LogP) is -7.15. The summed E-state index contributed by atoms with van der Waals surface area (Å²) in [5.41, 5.74) is 0. The second-order valence-electron chi connectivity index (χ2n) is 1.56. The first-order chi connectivity index (χ1) is 5.20. The van der Waals surface area contributed by atoms with Gasteiger partial charge in [0, 0.05) is 38.1 Å². The van der Waals surface area contributed by atoms with Crippen molar-refractivity contribution in [3.8, 4) is 0 Å². The van der Waals surface area contributed by atoms with Crippen LogP contribution in [0.5, 0.6) is 0 Å². The third-order valence-corrected chi connectivity index (χ3v) is 0. The van der Waals surface area contributed by atoms with Crippen LogP contribution in [0.25, 0.3) is 0 Å². The maximum Gasteiger partial charge on any atom is 0.300 e. The maximum absolute atomic E-state index is 9.00. The van der Waals surface area contributed by atoms with Gasteiger partial charge >= 0.3 is 0 Å². The van der Waals surface area contributed by atoms with Crippen molar-refractivity contribution in [3.63, 3.8) is 0 Å². The Morgan fingerprint density at radius 3 is 0.455 bits per heavy atom. The molecule has 0 fully saturated rings. The topological polar surface area (TPSA) is 395 Å². The molecule has 0 saturated heterocycles. The van der Waals surface area contributed by atoms with Gasteiger partial charge in [-0.1, -0.05) is 0 Å². The van der Waals surface area contributed by atoms with Crippen molar-refractivity contribution >= 4 is 17.9 Å². The van der Waals surface area contributed by atoms with Crippen LogP contribution in [0.15, 0.2) is 0 Å². The summed E-state index contributed by atoms with van der Waals surface area (Å²) in [5, 5.41) is 22.2. The zero-order chi connectivity index (χ0) is 10.7. The quantitative estimate of drug-likeness (QED) is 0.357. The van der Waals surface area contributed by atoms with E-state index in [0.717, 1.165) is 20.8 Å². The molecule has 22 heavy (non-hydrogen) atoms. The molecule has 0 rings (SSSR count). The Morgan fingerprint density at radius 2 is 0.455 bits per heavy atom. The molecule has 0 aliphatic heterocycles. The Kier molecular flexibility index (Phi) is 734. The van der Waals surface area contributed by atoms with Gasteiger partial charge in [0.1, 0.15) is 0 Å². The number of carboxylic acids is 3. The van der Waals surface area contributed by atoms with E-state index < -0.39 is 17.9 Å². The zero-order valence-electron chi connectivity index (χ0n) is 12.0. The second-order valence-corrected chi connectivity index (χ2v) is 1.56. The fourth-order valence-corrected chi connectivity index (χ4v) is 0. The third kappa shape index (κ3) is 2860. The molecule has 0 aromatic carbocycles. The van der Waals surface area contributed by atoms with Crippen molar-refractivity contribution in [1.82, 2.24) is 0 Å². The second kappa shape index (κ2) is 118. The molecule has 0 aliphatic carbocycles. The molecule has 0 atom stereocenters. The summed E-state index contributed by atoms with van der Waals surface area (Å²) in [7, 11) is 0. The van der Waals surface area contributed by atoms with E-state index in [1.165, 1.54) is 0 Å². The molecule has 0 heterocycles. The molecule has 0 unspecified atom stereocenters. The Morgan fingerprint density at radius 1 is 0.455 bits per heavy atom. The molecule has 0 aromatic heterocycles. The SMILES string of the molecule is CC(=O)O.CC(=O)O.CC(=O)O.O.O.O.O.O.O.O.O.O.[Cr]. The van der Waals surface area contributed by atoms with Crippen LogP contribution < -0.4 is 0 Å². The smallest absolute Gasteiger partial charge is 0.300 e. The van der Waals surface area contributed by atoms with E-state index in [4.69, 9.17) is 29.7 Å². The van der Waals surface area contributed by atoms with E-state index in [1.54, 1.807) is 0 Å². The van der Waals surface area contributed by atoms with E-state index in [0.29, 0.717) is 0 Å². The fraction of sp³-hybridized carbons (Fsp3) is 0.500. The number of carboxylic acid groups (broad SMARTS) is 3. The van der Waals surface area contributed by atoms with Gasteiger partial charge in [-0.05, 0) is 0 Å². The largest absolute Gasteiger partial charge is 0.481 e. The summed E-state index contributed by atoms with van der Waals surface area (Å²) < 4.78 is 0. The average molecular weight is 394 g/mol. The molecule has 150 valence electrons. The van der Waals surface area contributed by atoms with Gasteiger partial charge in [0.25, 0.3) is 17.9 Å². The minimum atomic E-state index is -0.833. The normalized spacial score (nSPS) is 3.41. The van der Waals surface area contributed by atoms with Crippen LogP contribution in [0.3, 0.4) is 0 Å². The van der Waals surface area contributed by atoms with Crippen molar-refractivity contribution < 1.29 is 96.3 Å². The number of hydrogen-bond donors (Lipinski definition) is 3. The van der Waals surface area contributed by atoms with Crippen molar-refractivity contribution in [2.24, 2.45) is 0 Å². The molecule has 0 saturated carbocycles. The van der Waals surface area contributed by atoms with E-state index in [2.05, 4.69) is 0 Å². The Hall–Kier alpha value is -1.42. The van der Waals surface area contributed by atoms with Crippen LogP contribution in [0, 0.1) is 0 Å². The number of rotatable bonds is 0. The first kappa shape index (κ1) is 137. The molecular formula is C6H30CrO15. The van der Waals surface area contributed by atoms with Crippen LogP contribution in [-0.4, -0.2) is 82.5 Å². The van der Waals surface area contributed by atoms with Crippen LogP contribution in [0.2, 0.25) is 0 Å². The van der Waals surface area contributed by atoms with Crippen LogP contribution in [0.1, 0.15) is 20.8 Å². The standard InChI is InChI=1S/3C2H4O2.Cr.9H2O/c3*1-2(3)4;;;;;;;;;;/h3*1H3,(H,3,4);;9*1H2. The van der Waals surface area contributed by atoms with Gasteiger partial charge < -0.3 is 64.6 Å². The Balaban J connectivity index is -0.00000000409. The van der Waals surface area contributed by atoms with E-state index >= 15 is 0 Å². The number of aliphatic carboxylic acids is 3. The third-order valence-electron chi connectivity index (χ3n) is 0. The summed E-state index contributed by atoms with van der Waals surface area (Å²) in [6, 6.07) is 0. The summed E-state index contributed by atoms with van der Waals surface area (Å²) >= 11 is 0. The molecule has 15 nitrogen and oxygen atoms in total. The van der Waals surface area contributed by atoms with Crippen molar-refractivity contribution in [1.29, 1.82) is 0 Å². The molecule has 0 spiro atoms. The van der Waals surface area contributed by atoms with E-state index in [-0.39, 0.29) is 66.6 Å². The zero-order valence-corrected chi connectivity index (χ0v) is 13.2. The summed E-state index contributed by atoms with van der Waals surface area (Å²) in [5.74, 6) is -2.50. The van der Waals surface area contributed by atoms with Gasteiger partial charge in [-0.2, -0.15) is 0 Å². The van der Waals surface area contributed by atoms with Crippen molar-refractivity contribution in [2.75, 3.05) is 0 Å². The first-order valence-corrected chi connectivity index (χ1v) is 2.78. The molecule has 21 N–H and O–H groups in total. The van der Waals surface area contributed by atoms with Crippen LogP contribution >= 0.6 is 0 Å². The molecule has 0 aromatic rings. The van der Waals surface area contributed by atoms with Gasteiger partial charge in [-0.15, -0.1) is 0 Å². The van der Waals surface area contributed by atoms with Crippen LogP contribution in [-0.2, 0) is 31.7 Å². The van der Waals surface area contributed by atoms with E-state index in [1.807, 2.05) is 0 Å². The maximum atomic E-state index is 9.00. The molecule has 0 aliphatic rings. The number of hydrogen-bond acceptors (Lipinski definition) is 3. The Bertz CT molecular complexity index is 122. The molecule has 0 bridgehead atoms. The Labute approximate surface area is 136 Å². The summed E-state index contributed by atoms with van der Waals surface area (Å²) in [6.45, 7) is 3.25.